The van der Waals surface area contributed by atoms with Gasteiger partial charge in [-0.25, -0.2) is 0 Å². The van der Waals surface area contributed by atoms with E-state index < -0.39 is 0 Å². The van der Waals surface area contributed by atoms with Crippen molar-refractivity contribution in [2.24, 2.45) is 0 Å². The first kappa shape index (κ1) is 12.1. The number of pyridine rings is 1. The molecule has 0 unspecified atom stereocenters. The van der Waals surface area contributed by atoms with Crippen molar-refractivity contribution in [1.29, 1.82) is 0 Å². The summed E-state index contributed by atoms with van der Waals surface area (Å²) in [5.41, 5.74) is 3.69. The highest BCUT2D eigenvalue weighted by molar-refractivity contribution is 6.30. The van der Waals surface area contributed by atoms with Gasteiger partial charge in [-0.2, -0.15) is 0 Å². The summed E-state index contributed by atoms with van der Waals surface area (Å²) in [6.45, 7) is 3.75. The minimum atomic E-state index is 0.790. The first-order valence-corrected chi connectivity index (χ1v) is 5.98. The van der Waals surface area contributed by atoms with Crippen LogP contribution in [0.3, 0.4) is 0 Å². The molecule has 0 atom stereocenters. The van der Waals surface area contributed by atoms with Gasteiger partial charge in [-0.3, -0.25) is 4.98 Å². The fraction of sp³-hybridized carbons (Fsp3) is 0.214. The normalized spacial score (nSPS) is 10.5. The molecule has 1 N–H and O–H groups in total. The Balaban J connectivity index is 1.90. The average molecular weight is 247 g/mol. The Morgan fingerprint density at radius 3 is 2.82 bits per heavy atom. The number of hydrogen-bond donors (Lipinski definition) is 1. The number of nitrogens with one attached hydrogen (secondary N) is 1. The summed E-state index contributed by atoms with van der Waals surface area (Å²) in [6, 6.07) is 9.99. The second-order valence-corrected chi connectivity index (χ2v) is 4.47. The number of nitrogens with zero attached hydrogens (tertiary/aromatic N) is 1. The smallest absolute Gasteiger partial charge is 0.0408 e. The molecule has 0 fully saturated rings. The molecule has 0 spiro atoms. The van der Waals surface area contributed by atoms with Gasteiger partial charge in [0.15, 0.2) is 0 Å². The molecule has 2 aromatic rings. The van der Waals surface area contributed by atoms with Crippen LogP contribution in [0.5, 0.6) is 0 Å². The van der Waals surface area contributed by atoms with Gasteiger partial charge >= 0.3 is 0 Å². The zero-order chi connectivity index (χ0) is 12.1. The van der Waals surface area contributed by atoms with Gasteiger partial charge < -0.3 is 5.32 Å². The lowest BCUT2D eigenvalue weighted by Crippen LogP contribution is -2.13. The Morgan fingerprint density at radius 2 is 2.12 bits per heavy atom. The van der Waals surface area contributed by atoms with E-state index in [1.807, 2.05) is 24.4 Å². The average Bonchev–Trinajstić information content (AvgIpc) is 2.33. The largest absolute Gasteiger partial charge is 0.309 e. The summed E-state index contributed by atoms with van der Waals surface area (Å²) < 4.78 is 0. The summed E-state index contributed by atoms with van der Waals surface area (Å²) in [6.07, 6.45) is 3.66. The Labute approximate surface area is 107 Å². The van der Waals surface area contributed by atoms with E-state index >= 15 is 0 Å². The molecule has 2 rings (SSSR count). The maximum Gasteiger partial charge on any atom is 0.0408 e. The van der Waals surface area contributed by atoms with E-state index in [4.69, 9.17) is 11.6 Å². The summed E-state index contributed by atoms with van der Waals surface area (Å²) in [4.78, 5) is 4.08. The maximum absolute atomic E-state index is 5.92. The van der Waals surface area contributed by atoms with Crippen molar-refractivity contribution >= 4 is 11.6 Å². The lowest BCUT2D eigenvalue weighted by atomic mass is 10.1. The van der Waals surface area contributed by atoms with Crippen LogP contribution < -0.4 is 5.32 Å². The molecule has 17 heavy (non-hydrogen) atoms. The second kappa shape index (κ2) is 5.80. The molecule has 0 saturated carbocycles. The van der Waals surface area contributed by atoms with E-state index in [9.17, 15) is 0 Å². The summed E-state index contributed by atoms with van der Waals surface area (Å²) in [7, 11) is 0. The van der Waals surface area contributed by atoms with Crippen molar-refractivity contribution in [3.63, 3.8) is 0 Å². The van der Waals surface area contributed by atoms with E-state index in [1.54, 1.807) is 6.20 Å². The lowest BCUT2D eigenvalue weighted by molar-refractivity contribution is 0.689. The minimum absolute atomic E-state index is 0.790. The van der Waals surface area contributed by atoms with E-state index in [0.717, 1.165) is 18.1 Å². The lowest BCUT2D eigenvalue weighted by Gasteiger charge is -2.08. The van der Waals surface area contributed by atoms with Gasteiger partial charge in [0, 0.05) is 30.5 Å². The highest BCUT2D eigenvalue weighted by Crippen LogP contribution is 2.15. The number of benzene rings is 1. The summed E-state index contributed by atoms with van der Waals surface area (Å²) >= 11 is 5.92. The van der Waals surface area contributed by atoms with Crippen LogP contribution in [-0.4, -0.2) is 4.98 Å². The molecule has 0 radical (unpaired) electrons. The highest BCUT2D eigenvalue weighted by Gasteiger charge is 1.99. The van der Waals surface area contributed by atoms with Crippen LogP contribution in [0.25, 0.3) is 0 Å². The monoisotopic (exact) mass is 246 g/mol. The molecule has 1 aromatic heterocycles. The van der Waals surface area contributed by atoms with E-state index in [-0.39, 0.29) is 0 Å². The number of hydrogen-bond acceptors (Lipinski definition) is 2. The fourth-order valence-electron chi connectivity index (χ4n) is 1.70. The molecule has 88 valence electrons. The van der Waals surface area contributed by atoms with Crippen LogP contribution in [0.2, 0.25) is 5.02 Å². The second-order valence-electron chi connectivity index (χ2n) is 4.04. The van der Waals surface area contributed by atoms with Gasteiger partial charge in [-0.1, -0.05) is 23.7 Å². The minimum Gasteiger partial charge on any atom is -0.309 e. The van der Waals surface area contributed by atoms with Gasteiger partial charge in [0.05, 0.1) is 0 Å². The number of aromatic nitrogens is 1. The molecule has 2 nitrogen and oxygen atoms in total. The third-order valence-corrected chi connectivity index (χ3v) is 2.91. The molecule has 0 bridgehead atoms. The molecule has 0 aliphatic heterocycles. The summed E-state index contributed by atoms with van der Waals surface area (Å²) in [5.74, 6) is 0. The quantitative estimate of drug-likeness (QED) is 0.895. The van der Waals surface area contributed by atoms with Crippen molar-refractivity contribution < 1.29 is 0 Å². The topological polar surface area (TPSA) is 24.9 Å². The van der Waals surface area contributed by atoms with E-state index in [2.05, 4.69) is 29.4 Å². The Kier molecular flexibility index (Phi) is 4.13. The zero-order valence-electron chi connectivity index (χ0n) is 9.78. The first-order chi connectivity index (χ1) is 8.25. The SMILES string of the molecule is Cc1cc(Cl)ccc1CNCc1cccnc1. The van der Waals surface area contributed by atoms with Crippen molar-refractivity contribution in [2.45, 2.75) is 20.0 Å². The molecule has 3 heteroatoms. The van der Waals surface area contributed by atoms with Crippen LogP contribution in [0.15, 0.2) is 42.7 Å². The van der Waals surface area contributed by atoms with Crippen molar-refractivity contribution in [3.8, 4) is 0 Å². The van der Waals surface area contributed by atoms with Gasteiger partial charge in [0.2, 0.25) is 0 Å². The molecule has 1 heterocycles. The predicted molar refractivity (Wildman–Crippen MR) is 71.0 cm³/mol. The zero-order valence-corrected chi connectivity index (χ0v) is 10.5. The number of halogens is 1. The Bertz CT molecular complexity index is 483. The third kappa shape index (κ3) is 3.55. The van der Waals surface area contributed by atoms with Gasteiger partial charge in [-0.05, 0) is 41.8 Å². The van der Waals surface area contributed by atoms with Crippen molar-refractivity contribution in [3.05, 3.63) is 64.4 Å². The first-order valence-electron chi connectivity index (χ1n) is 5.60. The number of rotatable bonds is 4. The van der Waals surface area contributed by atoms with Crippen molar-refractivity contribution in [2.75, 3.05) is 0 Å². The van der Waals surface area contributed by atoms with Crippen LogP contribution in [0.4, 0.5) is 0 Å². The van der Waals surface area contributed by atoms with Crippen LogP contribution >= 0.6 is 11.6 Å². The fourth-order valence-corrected chi connectivity index (χ4v) is 1.93. The number of aryl methyl sites for hydroxylation is 1. The molecule has 0 amide bonds. The molecular weight excluding hydrogens is 232 g/mol. The van der Waals surface area contributed by atoms with Crippen LogP contribution in [-0.2, 0) is 13.1 Å². The van der Waals surface area contributed by atoms with Crippen molar-refractivity contribution in [1.82, 2.24) is 10.3 Å². The Hall–Kier alpha value is -1.38. The summed E-state index contributed by atoms with van der Waals surface area (Å²) in [5, 5.41) is 4.19. The van der Waals surface area contributed by atoms with E-state index in [0.29, 0.717) is 0 Å². The standard InChI is InChI=1S/C14H15ClN2/c1-11-7-14(15)5-4-13(11)10-17-9-12-3-2-6-16-8-12/h2-8,17H,9-10H2,1H3. The molecular formula is C14H15ClN2. The highest BCUT2D eigenvalue weighted by atomic mass is 35.5. The van der Waals surface area contributed by atoms with Gasteiger partial charge in [-0.15, -0.1) is 0 Å². The van der Waals surface area contributed by atoms with E-state index in [1.165, 1.54) is 16.7 Å². The molecule has 0 aliphatic rings. The predicted octanol–water partition coefficient (Wildman–Crippen LogP) is 3.33. The van der Waals surface area contributed by atoms with Crippen LogP contribution in [0, 0.1) is 6.92 Å². The molecule has 1 aromatic carbocycles. The maximum atomic E-state index is 5.92. The van der Waals surface area contributed by atoms with Gasteiger partial charge in [0.1, 0.15) is 0 Å². The molecule has 0 saturated heterocycles. The van der Waals surface area contributed by atoms with Crippen LogP contribution in [0.1, 0.15) is 16.7 Å². The molecule has 0 aliphatic carbocycles. The van der Waals surface area contributed by atoms with Gasteiger partial charge in [0.25, 0.3) is 0 Å². The third-order valence-electron chi connectivity index (χ3n) is 2.67. The Morgan fingerprint density at radius 1 is 1.24 bits per heavy atom.